The van der Waals surface area contributed by atoms with E-state index in [0.29, 0.717) is 17.9 Å². The number of phenols is 1. The number of rotatable bonds is 1. The zero-order valence-electron chi connectivity index (χ0n) is 9.88. The molecule has 1 saturated carbocycles. The first-order valence-electron chi connectivity index (χ1n) is 6.33. The van der Waals surface area contributed by atoms with Crippen LogP contribution in [0.4, 0.5) is 0 Å². The summed E-state index contributed by atoms with van der Waals surface area (Å²) in [4.78, 5) is 12.4. The van der Waals surface area contributed by atoms with Crippen LogP contribution in [0.3, 0.4) is 0 Å². The van der Waals surface area contributed by atoms with Crippen LogP contribution in [0.5, 0.6) is 5.75 Å². The van der Waals surface area contributed by atoms with Gasteiger partial charge in [-0.15, -0.1) is 0 Å². The van der Waals surface area contributed by atoms with Crippen LogP contribution in [-0.2, 0) is 6.42 Å². The normalized spacial score (nSPS) is 23.7. The van der Waals surface area contributed by atoms with Crippen LogP contribution in [0.1, 0.15) is 41.6 Å². The fourth-order valence-electron chi connectivity index (χ4n) is 3.35. The highest BCUT2D eigenvalue weighted by Crippen LogP contribution is 2.45. The van der Waals surface area contributed by atoms with Gasteiger partial charge in [0.15, 0.2) is 5.78 Å². The minimum absolute atomic E-state index is 0.0275. The number of hydrogen-bond donors (Lipinski definition) is 1. The van der Waals surface area contributed by atoms with E-state index in [9.17, 15) is 9.90 Å². The van der Waals surface area contributed by atoms with E-state index in [4.69, 9.17) is 23.2 Å². The highest BCUT2D eigenvalue weighted by Gasteiger charge is 2.39. The lowest BCUT2D eigenvalue weighted by Crippen LogP contribution is -2.18. The van der Waals surface area contributed by atoms with Crippen LogP contribution in [0, 0.1) is 11.8 Å². The minimum Gasteiger partial charge on any atom is -0.506 e. The first kappa shape index (κ1) is 12.3. The maximum Gasteiger partial charge on any atom is 0.168 e. The Morgan fingerprint density at radius 1 is 1.17 bits per heavy atom. The summed E-state index contributed by atoms with van der Waals surface area (Å²) < 4.78 is 0. The molecule has 1 aromatic rings. The Kier molecular flexibility index (Phi) is 3.03. The van der Waals surface area contributed by atoms with Crippen molar-refractivity contribution in [3.05, 3.63) is 27.2 Å². The zero-order valence-corrected chi connectivity index (χ0v) is 11.4. The van der Waals surface area contributed by atoms with E-state index in [0.717, 1.165) is 18.4 Å². The lowest BCUT2D eigenvalue weighted by Gasteiger charge is -2.15. The molecule has 0 heterocycles. The number of ketones is 1. The summed E-state index contributed by atoms with van der Waals surface area (Å²) in [6.45, 7) is 0. The van der Waals surface area contributed by atoms with Crippen molar-refractivity contribution in [2.24, 2.45) is 11.8 Å². The third-order valence-corrected chi connectivity index (χ3v) is 5.12. The summed E-state index contributed by atoms with van der Waals surface area (Å²) in [7, 11) is 0. The van der Waals surface area contributed by atoms with E-state index in [1.165, 1.54) is 12.8 Å². The Hall–Kier alpha value is -0.730. The maximum absolute atomic E-state index is 12.4. The van der Waals surface area contributed by atoms with Crippen LogP contribution in [-0.4, -0.2) is 10.9 Å². The summed E-state index contributed by atoms with van der Waals surface area (Å²) in [5.41, 5.74) is 1.39. The van der Waals surface area contributed by atoms with E-state index in [1.54, 1.807) is 6.07 Å². The number of carbonyl (C=O) groups is 1. The van der Waals surface area contributed by atoms with Crippen LogP contribution >= 0.6 is 23.2 Å². The number of hydrogen-bond acceptors (Lipinski definition) is 2. The number of benzene rings is 1. The highest BCUT2D eigenvalue weighted by atomic mass is 35.5. The van der Waals surface area contributed by atoms with Crippen molar-refractivity contribution in [1.29, 1.82) is 0 Å². The van der Waals surface area contributed by atoms with E-state index in [2.05, 4.69) is 0 Å². The maximum atomic E-state index is 12.4. The molecule has 2 nitrogen and oxygen atoms in total. The van der Waals surface area contributed by atoms with Crippen LogP contribution < -0.4 is 0 Å². The predicted molar refractivity (Wildman–Crippen MR) is 71.6 cm³/mol. The number of halogens is 2. The summed E-state index contributed by atoms with van der Waals surface area (Å²) in [5, 5.41) is 9.99. The number of phenolic OH excluding ortho intramolecular Hbond substituents is 1. The second-order valence-electron chi connectivity index (χ2n) is 5.28. The summed E-state index contributed by atoms with van der Waals surface area (Å²) >= 11 is 12.0. The number of fused-ring (bicyclic) bond motifs is 1. The molecule has 0 amide bonds. The van der Waals surface area contributed by atoms with Gasteiger partial charge < -0.3 is 5.11 Å². The first-order chi connectivity index (χ1) is 8.59. The Balaban J connectivity index is 2.01. The average Bonchev–Trinajstić information content (AvgIpc) is 2.94. The third kappa shape index (κ3) is 1.74. The molecule has 0 bridgehead atoms. The smallest absolute Gasteiger partial charge is 0.168 e. The minimum atomic E-state index is -0.0275. The molecule has 3 rings (SSSR count). The summed E-state index contributed by atoms with van der Waals surface area (Å²) in [6, 6.07) is 1.59. The second-order valence-corrected chi connectivity index (χ2v) is 6.03. The van der Waals surface area contributed by atoms with Gasteiger partial charge in [-0.1, -0.05) is 36.0 Å². The third-order valence-electron chi connectivity index (χ3n) is 4.26. The van der Waals surface area contributed by atoms with Crippen LogP contribution in [0.2, 0.25) is 10.0 Å². The topological polar surface area (TPSA) is 37.3 Å². The van der Waals surface area contributed by atoms with Gasteiger partial charge in [0, 0.05) is 11.5 Å². The molecule has 96 valence electrons. The molecular formula is C14H14Cl2O2. The van der Waals surface area contributed by atoms with Gasteiger partial charge >= 0.3 is 0 Å². The molecule has 1 atom stereocenters. The van der Waals surface area contributed by atoms with E-state index < -0.39 is 0 Å². The molecule has 0 spiro atoms. The Labute approximate surface area is 116 Å². The zero-order chi connectivity index (χ0) is 12.9. The molecule has 0 radical (unpaired) electrons. The monoisotopic (exact) mass is 284 g/mol. The van der Waals surface area contributed by atoms with Crippen molar-refractivity contribution in [2.75, 3.05) is 0 Å². The van der Waals surface area contributed by atoms with Gasteiger partial charge in [0.1, 0.15) is 10.8 Å². The molecular weight excluding hydrogens is 271 g/mol. The lowest BCUT2D eigenvalue weighted by molar-refractivity contribution is 0.0894. The lowest BCUT2D eigenvalue weighted by atomic mass is 9.88. The molecule has 0 saturated heterocycles. The van der Waals surface area contributed by atoms with Gasteiger partial charge in [-0.05, 0) is 36.8 Å². The van der Waals surface area contributed by atoms with Crippen LogP contribution in [0.25, 0.3) is 0 Å². The quantitative estimate of drug-likeness (QED) is 0.837. The van der Waals surface area contributed by atoms with Crippen molar-refractivity contribution in [3.63, 3.8) is 0 Å². The van der Waals surface area contributed by atoms with Crippen molar-refractivity contribution in [2.45, 2.75) is 32.1 Å². The van der Waals surface area contributed by atoms with Gasteiger partial charge in [-0.25, -0.2) is 0 Å². The number of aromatic hydroxyl groups is 1. The van der Waals surface area contributed by atoms with E-state index in [-0.39, 0.29) is 27.5 Å². The molecule has 1 fully saturated rings. The molecule has 2 aliphatic rings. The first-order valence-corrected chi connectivity index (χ1v) is 7.09. The van der Waals surface area contributed by atoms with Crippen molar-refractivity contribution < 1.29 is 9.90 Å². The molecule has 1 aromatic carbocycles. The Bertz CT molecular complexity index is 519. The average molecular weight is 285 g/mol. The van der Waals surface area contributed by atoms with Crippen molar-refractivity contribution in [1.82, 2.24) is 0 Å². The number of Topliss-reactive ketones (excluding diaryl/α,β-unsaturated/α-hetero) is 1. The van der Waals surface area contributed by atoms with Gasteiger partial charge in [0.25, 0.3) is 0 Å². The van der Waals surface area contributed by atoms with Gasteiger partial charge in [0.2, 0.25) is 0 Å². The van der Waals surface area contributed by atoms with Gasteiger partial charge in [0.05, 0.1) is 5.02 Å². The Morgan fingerprint density at radius 3 is 2.50 bits per heavy atom. The van der Waals surface area contributed by atoms with Crippen molar-refractivity contribution >= 4 is 29.0 Å². The second kappa shape index (κ2) is 4.43. The SMILES string of the molecule is O=C1c2c(cc(O)c(Cl)c2Cl)C[C@H]1C1CCCC1. The molecule has 0 unspecified atom stereocenters. The molecule has 0 aromatic heterocycles. The fraction of sp³-hybridized carbons (Fsp3) is 0.500. The van der Waals surface area contributed by atoms with Crippen molar-refractivity contribution in [3.8, 4) is 5.75 Å². The van der Waals surface area contributed by atoms with Gasteiger partial charge in [-0.2, -0.15) is 0 Å². The molecule has 2 aliphatic carbocycles. The predicted octanol–water partition coefficient (Wildman–Crippen LogP) is 4.24. The standard InChI is InChI=1S/C14H14Cl2O2/c15-12-10(17)6-8-5-9(7-3-1-2-4-7)14(18)11(8)13(12)16/h6-7,9,17H,1-5H2/t9-/m0/s1. The molecule has 0 aliphatic heterocycles. The Morgan fingerprint density at radius 2 is 1.83 bits per heavy atom. The van der Waals surface area contributed by atoms with Gasteiger partial charge in [-0.3, -0.25) is 4.79 Å². The number of carbonyl (C=O) groups excluding carboxylic acids is 1. The molecule has 18 heavy (non-hydrogen) atoms. The highest BCUT2D eigenvalue weighted by molar-refractivity contribution is 6.45. The summed E-state index contributed by atoms with van der Waals surface area (Å²) in [5.74, 6) is 0.601. The molecule has 4 heteroatoms. The summed E-state index contributed by atoms with van der Waals surface area (Å²) in [6.07, 6.45) is 5.38. The van der Waals surface area contributed by atoms with E-state index in [1.807, 2.05) is 0 Å². The fourth-order valence-corrected chi connectivity index (χ4v) is 3.81. The van der Waals surface area contributed by atoms with Crippen LogP contribution in [0.15, 0.2) is 6.07 Å². The molecule has 1 N–H and O–H groups in total. The van der Waals surface area contributed by atoms with E-state index >= 15 is 0 Å². The largest absolute Gasteiger partial charge is 0.506 e.